The topological polar surface area (TPSA) is 85.2 Å². The SMILES string of the molecule is CCCCC[Si](C)OCc1cc(Nc2cc(-c3cc(F)c4c(c3)CCN4C(=O)Cc3cccnc3Cl)ccn2)n(C)n1. The van der Waals surface area contributed by atoms with Gasteiger partial charge in [-0.05, 0) is 71.6 Å². The molecule has 3 aromatic heterocycles. The molecule has 219 valence electrons. The summed E-state index contributed by atoms with van der Waals surface area (Å²) in [6, 6.07) is 13.8. The van der Waals surface area contributed by atoms with Gasteiger partial charge in [0.15, 0.2) is 0 Å². The molecule has 1 N–H and O–H groups in total. The van der Waals surface area contributed by atoms with Gasteiger partial charge in [-0.2, -0.15) is 5.10 Å². The number of hydrogen-bond acceptors (Lipinski definition) is 6. The minimum Gasteiger partial charge on any atom is -0.411 e. The van der Waals surface area contributed by atoms with Crippen LogP contribution in [0.25, 0.3) is 11.1 Å². The van der Waals surface area contributed by atoms with E-state index in [-0.39, 0.29) is 17.5 Å². The monoisotopic (exact) mass is 605 g/mol. The molecular formula is C31H35ClFN6O2Si. The first-order valence-corrected chi connectivity index (χ1v) is 16.8. The molecule has 42 heavy (non-hydrogen) atoms. The number of rotatable bonds is 12. The average molecular weight is 606 g/mol. The van der Waals surface area contributed by atoms with Crippen molar-refractivity contribution in [2.24, 2.45) is 7.05 Å². The minimum absolute atomic E-state index is 0.0634. The molecule has 4 aromatic rings. The number of pyridine rings is 2. The number of nitrogens with zero attached hydrogens (tertiary/aromatic N) is 5. The highest BCUT2D eigenvalue weighted by Crippen LogP contribution is 2.36. The summed E-state index contributed by atoms with van der Waals surface area (Å²) in [5, 5.41) is 8.20. The number of halogens is 2. The van der Waals surface area contributed by atoms with Crippen LogP contribution < -0.4 is 10.2 Å². The van der Waals surface area contributed by atoms with Crippen molar-refractivity contribution in [2.75, 3.05) is 16.8 Å². The van der Waals surface area contributed by atoms with Crippen molar-refractivity contribution in [1.29, 1.82) is 0 Å². The summed E-state index contributed by atoms with van der Waals surface area (Å²) in [6.07, 6.45) is 7.57. The van der Waals surface area contributed by atoms with Crippen LogP contribution in [0, 0.1) is 5.82 Å². The molecule has 11 heteroatoms. The summed E-state index contributed by atoms with van der Waals surface area (Å²) >= 11 is 6.14. The summed E-state index contributed by atoms with van der Waals surface area (Å²) in [5.41, 5.74) is 4.16. The second kappa shape index (κ2) is 13.6. The fraction of sp³-hybridized carbons (Fsp3) is 0.355. The van der Waals surface area contributed by atoms with Gasteiger partial charge in [0.25, 0.3) is 0 Å². The van der Waals surface area contributed by atoms with Crippen LogP contribution in [0.15, 0.2) is 54.9 Å². The third-order valence-electron chi connectivity index (χ3n) is 7.37. The molecule has 1 aliphatic heterocycles. The molecule has 0 fully saturated rings. The van der Waals surface area contributed by atoms with Crippen LogP contribution >= 0.6 is 11.6 Å². The highest BCUT2D eigenvalue weighted by molar-refractivity contribution is 6.50. The lowest BCUT2D eigenvalue weighted by molar-refractivity contribution is -0.117. The standard InChI is InChI=1S/C31H35ClFN6O2Si/c1-4-5-6-14-42(3)41-20-25-19-28(38(2)37-25)36-27-17-21(9-12-34-27)24-15-22-10-13-39(30(22)26(33)16-24)29(40)18-23-8-7-11-35-31(23)32/h7-9,11-12,15-17,19H,4-6,10,13-14,18,20H2,1-3H3,(H,34,36). The number of aryl methyl sites for hydroxylation is 1. The van der Waals surface area contributed by atoms with Crippen molar-refractivity contribution in [1.82, 2.24) is 19.7 Å². The number of carbonyl (C=O) groups excluding carboxylic acids is 1. The predicted molar refractivity (Wildman–Crippen MR) is 166 cm³/mol. The molecular weight excluding hydrogens is 571 g/mol. The van der Waals surface area contributed by atoms with Gasteiger partial charge in [0.05, 0.1) is 24.4 Å². The Morgan fingerprint density at radius 2 is 2.00 bits per heavy atom. The number of nitrogens with one attached hydrogen (secondary N) is 1. The molecule has 0 saturated heterocycles. The van der Waals surface area contributed by atoms with Crippen LogP contribution in [0.2, 0.25) is 17.7 Å². The van der Waals surface area contributed by atoms with Crippen molar-refractivity contribution in [3.05, 3.63) is 82.6 Å². The van der Waals surface area contributed by atoms with Gasteiger partial charge < -0.3 is 14.6 Å². The maximum Gasteiger partial charge on any atom is 0.231 e. The molecule has 0 saturated carbocycles. The van der Waals surface area contributed by atoms with Gasteiger partial charge in [0.2, 0.25) is 14.9 Å². The van der Waals surface area contributed by atoms with Crippen molar-refractivity contribution in [2.45, 2.75) is 58.2 Å². The zero-order chi connectivity index (χ0) is 29.6. The second-order valence-corrected chi connectivity index (χ2v) is 13.1. The minimum atomic E-state index is -0.831. The third kappa shape index (κ3) is 7.06. The highest BCUT2D eigenvalue weighted by atomic mass is 35.5. The van der Waals surface area contributed by atoms with Crippen LogP contribution in [0.5, 0.6) is 0 Å². The smallest absolute Gasteiger partial charge is 0.231 e. The van der Waals surface area contributed by atoms with Gasteiger partial charge in [-0.3, -0.25) is 9.48 Å². The zero-order valence-corrected chi connectivity index (χ0v) is 25.9. The first-order valence-electron chi connectivity index (χ1n) is 14.3. The first kappa shape index (κ1) is 29.9. The van der Waals surface area contributed by atoms with E-state index in [2.05, 4.69) is 33.9 Å². The fourth-order valence-electron chi connectivity index (χ4n) is 5.14. The molecule has 1 aromatic carbocycles. The van der Waals surface area contributed by atoms with Gasteiger partial charge >= 0.3 is 0 Å². The average Bonchev–Trinajstić information content (AvgIpc) is 3.57. The van der Waals surface area contributed by atoms with Crippen molar-refractivity contribution in [3.8, 4) is 11.1 Å². The summed E-state index contributed by atoms with van der Waals surface area (Å²) in [4.78, 5) is 23.1. The van der Waals surface area contributed by atoms with Crippen LogP contribution in [-0.4, -0.2) is 41.2 Å². The Labute approximate surface area is 252 Å². The molecule has 4 heterocycles. The molecule has 1 amide bonds. The van der Waals surface area contributed by atoms with Crippen LogP contribution in [0.3, 0.4) is 0 Å². The van der Waals surface area contributed by atoms with Crippen molar-refractivity contribution in [3.63, 3.8) is 0 Å². The molecule has 0 spiro atoms. The van der Waals surface area contributed by atoms with Gasteiger partial charge in [-0.15, -0.1) is 0 Å². The first-order chi connectivity index (χ1) is 20.3. The number of anilines is 3. The normalized spacial score (nSPS) is 12.7. The maximum absolute atomic E-state index is 15.5. The largest absolute Gasteiger partial charge is 0.411 e. The van der Waals surface area contributed by atoms with E-state index < -0.39 is 14.9 Å². The number of fused-ring (bicyclic) bond motifs is 1. The number of benzene rings is 1. The Morgan fingerprint density at radius 1 is 1.14 bits per heavy atom. The Hall–Kier alpha value is -3.60. The molecule has 0 aliphatic carbocycles. The van der Waals surface area contributed by atoms with Crippen molar-refractivity contribution < 1.29 is 13.6 Å². The number of carbonyl (C=O) groups is 1. The number of aromatic nitrogens is 4. The van der Waals surface area contributed by atoms with Crippen molar-refractivity contribution >= 4 is 43.9 Å². The molecule has 1 aliphatic rings. The van der Waals surface area contributed by atoms with E-state index in [0.717, 1.165) is 34.2 Å². The maximum atomic E-state index is 15.5. The molecule has 5 rings (SSSR count). The van der Waals surface area contributed by atoms with Gasteiger partial charge in [-0.1, -0.05) is 43.9 Å². The molecule has 0 atom stereocenters. The highest BCUT2D eigenvalue weighted by Gasteiger charge is 2.29. The lowest BCUT2D eigenvalue weighted by Crippen LogP contribution is -2.31. The molecule has 8 nitrogen and oxygen atoms in total. The predicted octanol–water partition coefficient (Wildman–Crippen LogP) is 6.87. The Bertz CT molecular complexity index is 1560. The second-order valence-electron chi connectivity index (χ2n) is 10.5. The van der Waals surface area contributed by atoms with E-state index in [1.807, 2.05) is 31.3 Å². The van der Waals surface area contributed by atoms with E-state index in [1.54, 1.807) is 29.2 Å². The van der Waals surface area contributed by atoms with E-state index in [1.165, 1.54) is 30.2 Å². The van der Waals surface area contributed by atoms with Gasteiger partial charge in [-0.25, -0.2) is 14.4 Å². The van der Waals surface area contributed by atoms with E-state index in [4.69, 9.17) is 16.0 Å². The lowest BCUT2D eigenvalue weighted by Gasteiger charge is -2.19. The van der Waals surface area contributed by atoms with Crippen LogP contribution in [0.4, 0.5) is 21.7 Å². The number of unbranched alkanes of at least 4 members (excludes halogenated alkanes) is 2. The number of hydrogen-bond donors (Lipinski definition) is 1. The summed E-state index contributed by atoms with van der Waals surface area (Å²) in [5.74, 6) is 0.769. The third-order valence-corrected chi connectivity index (χ3v) is 9.41. The van der Waals surface area contributed by atoms with E-state index >= 15 is 4.39 Å². The van der Waals surface area contributed by atoms with Crippen LogP contribution in [-0.2, 0) is 35.7 Å². The van der Waals surface area contributed by atoms with E-state index in [9.17, 15) is 4.79 Å². The quantitative estimate of drug-likeness (QED) is 0.108. The van der Waals surface area contributed by atoms with E-state index in [0.29, 0.717) is 36.6 Å². The van der Waals surface area contributed by atoms with Gasteiger partial charge in [0.1, 0.15) is 22.6 Å². The Kier molecular flexibility index (Phi) is 9.66. The lowest BCUT2D eigenvalue weighted by atomic mass is 10.0. The zero-order valence-electron chi connectivity index (χ0n) is 24.2. The molecule has 0 unspecified atom stereocenters. The van der Waals surface area contributed by atoms with Crippen LogP contribution in [0.1, 0.15) is 43.0 Å². The Morgan fingerprint density at radius 3 is 2.81 bits per heavy atom. The molecule has 1 radical (unpaired) electrons. The summed E-state index contributed by atoms with van der Waals surface area (Å²) in [6.45, 7) is 5.32. The Balaban J connectivity index is 1.27. The summed E-state index contributed by atoms with van der Waals surface area (Å²) < 4.78 is 23.4. The van der Waals surface area contributed by atoms with Gasteiger partial charge in [0, 0.05) is 32.1 Å². The molecule has 0 bridgehead atoms. The fourth-order valence-corrected chi connectivity index (χ4v) is 6.61. The number of amides is 1. The summed E-state index contributed by atoms with van der Waals surface area (Å²) in [7, 11) is 1.04.